The van der Waals surface area contributed by atoms with E-state index in [0.717, 1.165) is 24.4 Å². The van der Waals surface area contributed by atoms with E-state index >= 15 is 0 Å². The molecule has 2 heterocycles. The van der Waals surface area contributed by atoms with Crippen LogP contribution in [0, 0.1) is 0 Å². The summed E-state index contributed by atoms with van der Waals surface area (Å²) in [5, 5.41) is 0. The summed E-state index contributed by atoms with van der Waals surface area (Å²) < 4.78 is 16.1. The van der Waals surface area contributed by atoms with Crippen LogP contribution >= 0.6 is 0 Å². The van der Waals surface area contributed by atoms with Crippen molar-refractivity contribution in [1.82, 2.24) is 0 Å². The van der Waals surface area contributed by atoms with Crippen molar-refractivity contribution in [1.29, 1.82) is 0 Å². The Hall–Kier alpha value is -0.960. The molecule has 0 aromatic rings. The Balaban J connectivity index is 2.17. The van der Waals surface area contributed by atoms with Crippen molar-refractivity contribution in [2.24, 2.45) is 0 Å². The minimum atomic E-state index is -0.242. The van der Waals surface area contributed by atoms with Crippen molar-refractivity contribution in [2.75, 3.05) is 6.79 Å². The molecule has 1 fully saturated rings. The predicted octanol–water partition coefficient (Wildman–Crippen LogP) is 1.28. The van der Waals surface area contributed by atoms with Gasteiger partial charge in [0.25, 0.3) is 0 Å². The number of allylic oxidation sites excluding steroid dienone is 1. The van der Waals surface area contributed by atoms with E-state index in [0.29, 0.717) is 6.79 Å². The summed E-state index contributed by atoms with van der Waals surface area (Å²) in [5.74, 6) is 1.85. The van der Waals surface area contributed by atoms with Gasteiger partial charge in [-0.2, -0.15) is 0 Å². The van der Waals surface area contributed by atoms with Crippen molar-refractivity contribution in [2.45, 2.75) is 18.4 Å². The topological polar surface area (TPSA) is 27.7 Å². The van der Waals surface area contributed by atoms with E-state index in [4.69, 9.17) is 14.2 Å². The van der Waals surface area contributed by atoms with E-state index in [9.17, 15) is 0 Å². The van der Waals surface area contributed by atoms with Gasteiger partial charge in [-0.25, -0.2) is 0 Å². The lowest BCUT2D eigenvalue weighted by molar-refractivity contribution is 0.0139. The first-order valence-corrected chi connectivity index (χ1v) is 3.75. The quantitative estimate of drug-likeness (QED) is 0.523. The van der Waals surface area contributed by atoms with Gasteiger partial charge in [-0.3, -0.25) is 0 Å². The van der Waals surface area contributed by atoms with Gasteiger partial charge in [-0.15, -0.1) is 0 Å². The second-order valence-electron chi connectivity index (χ2n) is 2.97. The highest BCUT2D eigenvalue weighted by Crippen LogP contribution is 2.46. The molecule has 3 rings (SSSR count). The predicted molar refractivity (Wildman–Crippen MR) is 36.3 cm³/mol. The van der Waals surface area contributed by atoms with Crippen LogP contribution in [-0.2, 0) is 14.2 Å². The van der Waals surface area contributed by atoms with Crippen molar-refractivity contribution in [3.05, 3.63) is 23.9 Å². The summed E-state index contributed by atoms with van der Waals surface area (Å²) in [6.07, 6.45) is 5.53. The monoisotopic (exact) mass is 152 g/mol. The fourth-order valence-electron chi connectivity index (χ4n) is 1.84. The summed E-state index contributed by atoms with van der Waals surface area (Å²) in [6, 6.07) is 0. The maximum absolute atomic E-state index is 5.49. The van der Waals surface area contributed by atoms with Gasteiger partial charge in [0.1, 0.15) is 5.76 Å². The SMILES string of the molecule is C1=CC23CCC(=C2OCO3)O1. The first kappa shape index (κ1) is 5.66. The molecule has 2 aliphatic heterocycles. The smallest absolute Gasteiger partial charge is 0.190 e. The molecule has 1 unspecified atom stereocenters. The molecular weight excluding hydrogens is 144 g/mol. The molecule has 0 amide bonds. The van der Waals surface area contributed by atoms with Gasteiger partial charge in [0, 0.05) is 6.42 Å². The van der Waals surface area contributed by atoms with Crippen molar-refractivity contribution >= 4 is 0 Å². The minimum absolute atomic E-state index is 0.242. The van der Waals surface area contributed by atoms with Gasteiger partial charge in [0.05, 0.1) is 6.26 Å². The first-order valence-electron chi connectivity index (χ1n) is 3.75. The van der Waals surface area contributed by atoms with Crippen LogP contribution in [0.25, 0.3) is 0 Å². The molecule has 11 heavy (non-hydrogen) atoms. The van der Waals surface area contributed by atoms with Gasteiger partial charge in [-0.05, 0) is 12.5 Å². The third-order valence-electron chi connectivity index (χ3n) is 2.43. The highest BCUT2D eigenvalue weighted by molar-refractivity contribution is 5.33. The Morgan fingerprint density at radius 1 is 1.45 bits per heavy atom. The lowest BCUT2D eigenvalue weighted by Crippen LogP contribution is -2.24. The third kappa shape index (κ3) is 0.531. The van der Waals surface area contributed by atoms with Crippen molar-refractivity contribution < 1.29 is 14.2 Å². The summed E-state index contributed by atoms with van der Waals surface area (Å²) in [6.45, 7) is 0.368. The zero-order valence-corrected chi connectivity index (χ0v) is 6.00. The lowest BCUT2D eigenvalue weighted by atomic mass is 10.0. The molecule has 0 aromatic heterocycles. The van der Waals surface area contributed by atoms with Crippen LogP contribution in [-0.4, -0.2) is 12.4 Å². The Morgan fingerprint density at radius 2 is 2.45 bits per heavy atom. The number of hydrogen-bond donors (Lipinski definition) is 0. The van der Waals surface area contributed by atoms with Crippen LogP contribution < -0.4 is 0 Å². The molecule has 0 aromatic carbocycles. The van der Waals surface area contributed by atoms with Crippen LogP contribution in [0.2, 0.25) is 0 Å². The standard InChI is InChI=1S/C8H8O3/c1-2-8-3-4-9-6(1)7(8)10-5-11-8/h3-4H,1-2,5H2. The molecule has 3 nitrogen and oxygen atoms in total. The minimum Gasteiger partial charge on any atom is -0.466 e. The average Bonchev–Trinajstić information content (AvgIpc) is 2.47. The van der Waals surface area contributed by atoms with Gasteiger partial charge in [0.2, 0.25) is 0 Å². The maximum Gasteiger partial charge on any atom is 0.190 e. The lowest BCUT2D eigenvalue weighted by Gasteiger charge is -2.18. The van der Waals surface area contributed by atoms with Crippen LogP contribution in [0.4, 0.5) is 0 Å². The van der Waals surface area contributed by atoms with Gasteiger partial charge >= 0.3 is 0 Å². The molecule has 1 atom stereocenters. The van der Waals surface area contributed by atoms with Crippen LogP contribution in [0.3, 0.4) is 0 Å². The summed E-state index contributed by atoms with van der Waals surface area (Å²) in [5.41, 5.74) is -0.242. The molecule has 0 saturated carbocycles. The van der Waals surface area contributed by atoms with E-state index < -0.39 is 0 Å². The van der Waals surface area contributed by atoms with E-state index in [-0.39, 0.29) is 5.60 Å². The molecule has 1 aliphatic carbocycles. The zero-order chi connectivity index (χ0) is 7.31. The van der Waals surface area contributed by atoms with Gasteiger partial charge in [0.15, 0.2) is 18.2 Å². The summed E-state index contributed by atoms with van der Waals surface area (Å²) in [4.78, 5) is 0. The Kier molecular flexibility index (Phi) is 0.829. The number of rotatable bonds is 0. The summed E-state index contributed by atoms with van der Waals surface area (Å²) >= 11 is 0. The van der Waals surface area contributed by atoms with E-state index in [1.807, 2.05) is 6.08 Å². The van der Waals surface area contributed by atoms with Crippen molar-refractivity contribution in [3.63, 3.8) is 0 Å². The molecule has 58 valence electrons. The second kappa shape index (κ2) is 1.61. The van der Waals surface area contributed by atoms with Crippen LogP contribution in [0.1, 0.15) is 12.8 Å². The normalized spacial score (nSPS) is 38.5. The average molecular weight is 152 g/mol. The highest BCUT2D eigenvalue weighted by atomic mass is 16.7. The van der Waals surface area contributed by atoms with Gasteiger partial charge in [-0.1, -0.05) is 0 Å². The third-order valence-corrected chi connectivity index (χ3v) is 2.43. The van der Waals surface area contributed by atoms with Crippen molar-refractivity contribution in [3.8, 4) is 0 Å². The molecule has 0 spiro atoms. The highest BCUT2D eigenvalue weighted by Gasteiger charge is 2.49. The number of ether oxygens (including phenoxy) is 3. The summed E-state index contributed by atoms with van der Waals surface area (Å²) in [7, 11) is 0. The van der Waals surface area contributed by atoms with Gasteiger partial charge < -0.3 is 14.2 Å². The molecule has 0 radical (unpaired) electrons. The fraction of sp³-hybridized carbons (Fsp3) is 0.500. The molecule has 3 aliphatic rings. The largest absolute Gasteiger partial charge is 0.466 e. The molecule has 0 N–H and O–H groups in total. The molecule has 1 saturated heterocycles. The number of hydrogen-bond acceptors (Lipinski definition) is 3. The molecular formula is C8H8O3. The van der Waals surface area contributed by atoms with E-state index in [1.54, 1.807) is 6.26 Å². The maximum atomic E-state index is 5.49. The zero-order valence-electron chi connectivity index (χ0n) is 6.00. The second-order valence-corrected chi connectivity index (χ2v) is 2.97. The molecule has 2 bridgehead atoms. The van der Waals surface area contributed by atoms with Crippen LogP contribution in [0.5, 0.6) is 0 Å². The molecule has 3 heteroatoms. The fourth-order valence-corrected chi connectivity index (χ4v) is 1.84. The van der Waals surface area contributed by atoms with E-state index in [1.165, 1.54) is 0 Å². The van der Waals surface area contributed by atoms with E-state index in [2.05, 4.69) is 0 Å². The van der Waals surface area contributed by atoms with Crippen LogP contribution in [0.15, 0.2) is 23.9 Å². The Morgan fingerprint density at radius 3 is 3.36 bits per heavy atom. The first-order chi connectivity index (χ1) is 5.41. The Labute approximate surface area is 64.2 Å². The Bertz CT molecular complexity index is 267.